The van der Waals surface area contributed by atoms with Gasteiger partial charge in [0.05, 0.1) is 17.3 Å². The summed E-state index contributed by atoms with van der Waals surface area (Å²) in [6.45, 7) is 1.44. The Bertz CT molecular complexity index is 1150. The second-order valence-corrected chi connectivity index (χ2v) is 7.58. The van der Waals surface area contributed by atoms with Crippen molar-refractivity contribution in [1.82, 2.24) is 20.0 Å². The summed E-state index contributed by atoms with van der Waals surface area (Å²) in [6.07, 6.45) is 4.92. The molecule has 4 rings (SSSR count). The van der Waals surface area contributed by atoms with Gasteiger partial charge in [0.2, 0.25) is 5.91 Å². The number of nitrogens with one attached hydrogen (secondary N) is 2. The summed E-state index contributed by atoms with van der Waals surface area (Å²) in [7, 11) is 3.86. The minimum absolute atomic E-state index is 0.0905. The maximum atomic E-state index is 13.1. The highest BCUT2D eigenvalue weighted by atomic mass is 16.3. The first-order valence-corrected chi connectivity index (χ1v) is 9.61. The van der Waals surface area contributed by atoms with E-state index in [1.807, 2.05) is 37.2 Å². The average Bonchev–Trinajstić information content (AvgIpc) is 3.33. The molecule has 0 aliphatic carbocycles. The zero-order valence-corrected chi connectivity index (χ0v) is 16.8. The molecule has 0 bridgehead atoms. The van der Waals surface area contributed by atoms with Gasteiger partial charge in [0.15, 0.2) is 0 Å². The van der Waals surface area contributed by atoms with Crippen LogP contribution in [0.15, 0.2) is 48.7 Å². The Kier molecular flexibility index (Phi) is 5.24. The molecule has 0 spiro atoms. The number of phenolic OH excluding ortho intramolecular Hbond substituents is 1. The van der Waals surface area contributed by atoms with Gasteiger partial charge in [-0.1, -0.05) is 18.2 Å². The van der Waals surface area contributed by atoms with Crippen LogP contribution in [0, 0.1) is 0 Å². The quantitative estimate of drug-likeness (QED) is 0.566. The van der Waals surface area contributed by atoms with Gasteiger partial charge in [-0.15, -0.1) is 0 Å². The SMILES string of the molecule is CN(C)C/C=C/C(=O)Nc1cccc2c1CN(C(=O)c1cc3cn[nH]c3cc1O)C2. The van der Waals surface area contributed by atoms with E-state index in [-0.39, 0.29) is 23.1 Å². The van der Waals surface area contributed by atoms with E-state index >= 15 is 0 Å². The first-order chi connectivity index (χ1) is 14.4. The summed E-state index contributed by atoms with van der Waals surface area (Å²) in [4.78, 5) is 28.9. The van der Waals surface area contributed by atoms with Gasteiger partial charge in [-0.05, 0) is 31.8 Å². The summed E-state index contributed by atoms with van der Waals surface area (Å²) in [5, 5.41) is 20.7. The number of likely N-dealkylation sites (N-methyl/N-ethyl adjacent to an activating group) is 1. The van der Waals surface area contributed by atoms with E-state index < -0.39 is 0 Å². The van der Waals surface area contributed by atoms with Crippen LogP contribution in [0.1, 0.15) is 21.5 Å². The van der Waals surface area contributed by atoms with E-state index in [0.29, 0.717) is 30.8 Å². The van der Waals surface area contributed by atoms with Crippen molar-refractivity contribution in [3.63, 3.8) is 0 Å². The minimum Gasteiger partial charge on any atom is -0.507 e. The van der Waals surface area contributed by atoms with Crippen molar-refractivity contribution in [3.05, 3.63) is 65.4 Å². The average molecular weight is 405 g/mol. The molecule has 8 heteroatoms. The van der Waals surface area contributed by atoms with E-state index in [1.54, 1.807) is 23.2 Å². The van der Waals surface area contributed by atoms with Gasteiger partial charge >= 0.3 is 0 Å². The fourth-order valence-corrected chi connectivity index (χ4v) is 3.55. The molecule has 154 valence electrons. The highest BCUT2D eigenvalue weighted by Crippen LogP contribution is 2.32. The van der Waals surface area contributed by atoms with Crippen molar-refractivity contribution in [1.29, 1.82) is 0 Å². The number of nitrogens with zero attached hydrogens (tertiary/aromatic N) is 3. The number of anilines is 1. The number of benzene rings is 2. The van der Waals surface area contributed by atoms with Crippen LogP contribution in [0.25, 0.3) is 10.9 Å². The molecule has 1 aromatic heterocycles. The monoisotopic (exact) mass is 405 g/mol. The van der Waals surface area contributed by atoms with Gasteiger partial charge in [0.1, 0.15) is 5.75 Å². The van der Waals surface area contributed by atoms with Gasteiger partial charge < -0.3 is 20.2 Å². The molecule has 30 heavy (non-hydrogen) atoms. The molecule has 0 atom stereocenters. The maximum Gasteiger partial charge on any atom is 0.258 e. The Morgan fingerprint density at radius 2 is 2.13 bits per heavy atom. The number of phenols is 1. The molecule has 0 saturated carbocycles. The molecular formula is C22H23N5O3. The molecule has 2 heterocycles. The van der Waals surface area contributed by atoms with E-state index in [9.17, 15) is 14.7 Å². The molecule has 2 aromatic carbocycles. The van der Waals surface area contributed by atoms with E-state index in [4.69, 9.17) is 0 Å². The Morgan fingerprint density at radius 3 is 2.93 bits per heavy atom. The fourth-order valence-electron chi connectivity index (χ4n) is 3.55. The van der Waals surface area contributed by atoms with Crippen LogP contribution in [0.4, 0.5) is 5.69 Å². The highest BCUT2D eigenvalue weighted by molar-refractivity contribution is 6.02. The molecule has 0 radical (unpaired) electrons. The molecule has 3 aromatic rings. The number of rotatable bonds is 5. The molecule has 8 nitrogen and oxygen atoms in total. The fraction of sp³-hybridized carbons (Fsp3) is 0.227. The van der Waals surface area contributed by atoms with Crippen LogP contribution < -0.4 is 5.32 Å². The number of carbonyl (C=O) groups is 2. The van der Waals surface area contributed by atoms with Crippen molar-refractivity contribution in [3.8, 4) is 5.75 Å². The van der Waals surface area contributed by atoms with Gasteiger partial charge in [-0.3, -0.25) is 14.7 Å². The number of carbonyl (C=O) groups excluding carboxylic acids is 2. The van der Waals surface area contributed by atoms with Gasteiger partial charge in [0.25, 0.3) is 5.91 Å². The van der Waals surface area contributed by atoms with Crippen molar-refractivity contribution in [2.75, 3.05) is 26.0 Å². The summed E-state index contributed by atoms with van der Waals surface area (Å²) in [6, 6.07) is 8.78. The van der Waals surface area contributed by atoms with Gasteiger partial charge in [-0.25, -0.2) is 0 Å². The van der Waals surface area contributed by atoms with Crippen LogP contribution >= 0.6 is 0 Å². The maximum absolute atomic E-state index is 13.1. The van der Waals surface area contributed by atoms with Crippen molar-refractivity contribution in [2.24, 2.45) is 0 Å². The van der Waals surface area contributed by atoms with Crippen LogP contribution in [0.2, 0.25) is 0 Å². The number of amides is 2. The lowest BCUT2D eigenvalue weighted by Crippen LogP contribution is -2.25. The summed E-state index contributed by atoms with van der Waals surface area (Å²) in [5.74, 6) is -0.569. The van der Waals surface area contributed by atoms with Crippen LogP contribution in [0.3, 0.4) is 0 Å². The standard InChI is InChI=1S/C22H23N5O3/c1-26(2)8-4-7-21(29)24-18-6-3-5-14-12-27(13-17(14)18)22(30)16-9-15-11-23-25-19(15)10-20(16)28/h3-7,9-11,28H,8,12-13H2,1-2H3,(H,23,25)(H,24,29)/b7-4+. The van der Waals surface area contributed by atoms with Crippen LogP contribution in [-0.4, -0.2) is 57.6 Å². The number of fused-ring (bicyclic) bond motifs is 2. The number of aromatic hydroxyl groups is 1. The lowest BCUT2D eigenvalue weighted by molar-refractivity contribution is -0.111. The number of hydrogen-bond donors (Lipinski definition) is 3. The summed E-state index contributed by atoms with van der Waals surface area (Å²) in [5.41, 5.74) is 3.47. The number of hydrogen-bond acceptors (Lipinski definition) is 5. The normalized spacial score (nSPS) is 13.4. The predicted octanol–water partition coefficient (Wildman–Crippen LogP) is 2.48. The number of H-pyrrole nitrogens is 1. The smallest absolute Gasteiger partial charge is 0.258 e. The molecule has 1 aliphatic heterocycles. The number of aromatic amines is 1. The second-order valence-electron chi connectivity index (χ2n) is 7.58. The molecule has 2 amide bonds. The lowest BCUT2D eigenvalue weighted by Gasteiger charge is -2.16. The lowest BCUT2D eigenvalue weighted by atomic mass is 10.1. The molecule has 3 N–H and O–H groups in total. The topological polar surface area (TPSA) is 102 Å². The second kappa shape index (κ2) is 8.00. The Hall–Kier alpha value is -3.65. The molecule has 0 saturated heterocycles. The van der Waals surface area contributed by atoms with E-state index in [1.165, 1.54) is 12.1 Å². The molecule has 1 aliphatic rings. The summed E-state index contributed by atoms with van der Waals surface area (Å²) >= 11 is 0. The van der Waals surface area contributed by atoms with E-state index in [2.05, 4.69) is 15.5 Å². The van der Waals surface area contributed by atoms with Crippen molar-refractivity contribution < 1.29 is 14.7 Å². The van der Waals surface area contributed by atoms with Crippen molar-refractivity contribution >= 4 is 28.4 Å². The third-order valence-corrected chi connectivity index (χ3v) is 5.05. The number of aromatic nitrogens is 2. The third kappa shape index (κ3) is 3.90. The van der Waals surface area contributed by atoms with Gasteiger partial charge in [0, 0.05) is 48.4 Å². The first-order valence-electron chi connectivity index (χ1n) is 9.61. The summed E-state index contributed by atoms with van der Waals surface area (Å²) < 4.78 is 0. The molecule has 0 fully saturated rings. The van der Waals surface area contributed by atoms with Gasteiger partial charge in [-0.2, -0.15) is 5.10 Å². The first kappa shape index (κ1) is 19.7. The molecule has 0 unspecified atom stereocenters. The van der Waals surface area contributed by atoms with Crippen molar-refractivity contribution in [2.45, 2.75) is 13.1 Å². The largest absolute Gasteiger partial charge is 0.507 e. The Labute approximate surface area is 173 Å². The van der Waals surface area contributed by atoms with Crippen LogP contribution in [0.5, 0.6) is 5.75 Å². The Morgan fingerprint density at radius 1 is 1.30 bits per heavy atom. The predicted molar refractivity (Wildman–Crippen MR) is 114 cm³/mol. The third-order valence-electron chi connectivity index (χ3n) is 5.05. The zero-order chi connectivity index (χ0) is 21.3. The zero-order valence-electron chi connectivity index (χ0n) is 16.8. The Balaban J connectivity index is 1.52. The van der Waals surface area contributed by atoms with E-state index in [0.717, 1.165) is 16.5 Å². The highest BCUT2D eigenvalue weighted by Gasteiger charge is 2.28. The van der Waals surface area contributed by atoms with Crippen LogP contribution in [-0.2, 0) is 17.9 Å². The molecular weight excluding hydrogens is 382 g/mol. The minimum atomic E-state index is -0.269.